The van der Waals surface area contributed by atoms with Gasteiger partial charge in [0.05, 0.1) is 6.10 Å². The summed E-state index contributed by atoms with van der Waals surface area (Å²) in [6.45, 7) is 6.11. The Hall–Kier alpha value is -0.800. The highest BCUT2D eigenvalue weighted by Crippen LogP contribution is 2.25. The number of hydrogen-bond acceptors (Lipinski definition) is 3. The van der Waals surface area contributed by atoms with Crippen LogP contribution in [0, 0.1) is 13.8 Å². The molecule has 2 N–H and O–H groups in total. The zero-order chi connectivity index (χ0) is 12.4. The number of hydrogen-bond donors (Lipinski definition) is 2. The van der Waals surface area contributed by atoms with E-state index in [0.717, 1.165) is 30.8 Å². The van der Waals surface area contributed by atoms with Gasteiger partial charge in [0.1, 0.15) is 11.5 Å². The molecule has 1 aromatic heterocycles. The molecule has 0 amide bonds. The maximum absolute atomic E-state index is 9.95. The number of aliphatic hydroxyl groups is 1. The topological polar surface area (TPSA) is 45.4 Å². The first-order valence-electron chi connectivity index (χ1n) is 6.59. The smallest absolute Gasteiger partial charge is 0.105 e. The monoisotopic (exact) mass is 237 g/mol. The molecule has 17 heavy (non-hydrogen) atoms. The average Bonchev–Trinajstić information content (AvgIpc) is 2.61. The number of aryl methyl sites for hydroxylation is 2. The van der Waals surface area contributed by atoms with Gasteiger partial charge >= 0.3 is 0 Å². The van der Waals surface area contributed by atoms with Gasteiger partial charge in [-0.1, -0.05) is 12.8 Å². The Balaban J connectivity index is 2.00. The zero-order valence-corrected chi connectivity index (χ0v) is 11.0. The van der Waals surface area contributed by atoms with Crippen molar-refractivity contribution in [2.24, 2.45) is 0 Å². The number of nitrogens with one attached hydrogen (secondary N) is 1. The van der Waals surface area contributed by atoms with Gasteiger partial charge < -0.3 is 14.8 Å². The second kappa shape index (κ2) is 5.23. The molecule has 1 fully saturated rings. The predicted octanol–water partition coefficient (Wildman–Crippen LogP) is 2.85. The molecule has 3 unspecified atom stereocenters. The summed E-state index contributed by atoms with van der Waals surface area (Å²) in [4.78, 5) is 0. The number of aliphatic hydroxyl groups excluding tert-OH is 1. The Morgan fingerprint density at radius 1 is 1.35 bits per heavy atom. The minimum absolute atomic E-state index is 0.195. The van der Waals surface area contributed by atoms with Crippen LogP contribution in [0.4, 0.5) is 0 Å². The van der Waals surface area contributed by atoms with E-state index in [0.29, 0.717) is 0 Å². The summed E-state index contributed by atoms with van der Waals surface area (Å²) < 4.78 is 5.55. The Morgan fingerprint density at radius 2 is 2.06 bits per heavy atom. The molecule has 0 aromatic carbocycles. The fourth-order valence-corrected chi connectivity index (χ4v) is 2.80. The SMILES string of the molecule is Cc1cc(C(C)NC2CCCCC2O)c(C)o1. The van der Waals surface area contributed by atoms with Crippen molar-refractivity contribution in [3.05, 3.63) is 23.2 Å². The van der Waals surface area contributed by atoms with Gasteiger partial charge in [-0.2, -0.15) is 0 Å². The Bertz CT molecular complexity index is 372. The maximum Gasteiger partial charge on any atom is 0.105 e. The van der Waals surface area contributed by atoms with Crippen molar-refractivity contribution < 1.29 is 9.52 Å². The van der Waals surface area contributed by atoms with E-state index in [-0.39, 0.29) is 18.2 Å². The molecule has 3 nitrogen and oxygen atoms in total. The lowest BCUT2D eigenvalue weighted by Crippen LogP contribution is -2.43. The largest absolute Gasteiger partial charge is 0.466 e. The molecular weight excluding hydrogens is 214 g/mol. The molecule has 3 heteroatoms. The molecule has 1 aromatic rings. The van der Waals surface area contributed by atoms with Crippen LogP contribution in [0.3, 0.4) is 0 Å². The molecule has 2 rings (SSSR count). The Morgan fingerprint density at radius 3 is 2.65 bits per heavy atom. The van der Waals surface area contributed by atoms with Crippen LogP contribution in [0.25, 0.3) is 0 Å². The lowest BCUT2D eigenvalue weighted by Gasteiger charge is -2.31. The minimum atomic E-state index is -0.195. The summed E-state index contributed by atoms with van der Waals surface area (Å²) in [5.41, 5.74) is 1.21. The first kappa shape index (κ1) is 12.7. The van der Waals surface area contributed by atoms with Gasteiger partial charge in [0.2, 0.25) is 0 Å². The normalized spacial score (nSPS) is 27.1. The van der Waals surface area contributed by atoms with Crippen LogP contribution < -0.4 is 5.32 Å². The summed E-state index contributed by atoms with van der Waals surface area (Å²) in [5.74, 6) is 1.93. The van der Waals surface area contributed by atoms with E-state index in [1.165, 1.54) is 12.0 Å². The van der Waals surface area contributed by atoms with E-state index in [4.69, 9.17) is 4.42 Å². The van der Waals surface area contributed by atoms with Crippen molar-refractivity contribution in [2.75, 3.05) is 0 Å². The van der Waals surface area contributed by atoms with Crippen molar-refractivity contribution in [1.82, 2.24) is 5.32 Å². The number of furan rings is 1. The van der Waals surface area contributed by atoms with E-state index >= 15 is 0 Å². The zero-order valence-electron chi connectivity index (χ0n) is 11.0. The van der Waals surface area contributed by atoms with E-state index in [9.17, 15) is 5.11 Å². The molecule has 3 atom stereocenters. The van der Waals surface area contributed by atoms with Crippen LogP contribution >= 0.6 is 0 Å². The highest BCUT2D eigenvalue weighted by molar-refractivity contribution is 5.23. The predicted molar refractivity (Wildman–Crippen MR) is 68.0 cm³/mol. The average molecular weight is 237 g/mol. The van der Waals surface area contributed by atoms with Crippen molar-refractivity contribution in [2.45, 2.75) is 64.6 Å². The van der Waals surface area contributed by atoms with Crippen LogP contribution in [0.5, 0.6) is 0 Å². The molecule has 1 saturated carbocycles. The third-order valence-electron chi connectivity index (χ3n) is 3.74. The summed E-state index contributed by atoms with van der Waals surface area (Å²) in [7, 11) is 0. The molecule has 1 aliphatic rings. The lowest BCUT2D eigenvalue weighted by atomic mass is 9.91. The summed E-state index contributed by atoms with van der Waals surface area (Å²) in [5, 5.41) is 13.5. The van der Waals surface area contributed by atoms with Gasteiger partial charge in [-0.15, -0.1) is 0 Å². The first-order chi connectivity index (χ1) is 8.08. The van der Waals surface area contributed by atoms with Gasteiger partial charge in [-0.3, -0.25) is 0 Å². The van der Waals surface area contributed by atoms with Crippen molar-refractivity contribution >= 4 is 0 Å². The first-order valence-corrected chi connectivity index (χ1v) is 6.59. The Labute approximate surface area is 103 Å². The standard InChI is InChI=1S/C14H23NO2/c1-9-8-12(11(3)17-9)10(2)15-13-6-4-5-7-14(13)16/h8,10,13-16H,4-7H2,1-3H3. The molecule has 96 valence electrons. The highest BCUT2D eigenvalue weighted by Gasteiger charge is 2.25. The second-order valence-corrected chi connectivity index (χ2v) is 5.22. The van der Waals surface area contributed by atoms with Crippen molar-refractivity contribution in [3.8, 4) is 0 Å². The maximum atomic E-state index is 9.95. The number of rotatable bonds is 3. The van der Waals surface area contributed by atoms with E-state index in [1.54, 1.807) is 0 Å². The quantitative estimate of drug-likeness (QED) is 0.849. The third-order valence-corrected chi connectivity index (χ3v) is 3.74. The van der Waals surface area contributed by atoms with Crippen LogP contribution in [0.15, 0.2) is 10.5 Å². The van der Waals surface area contributed by atoms with Crippen LogP contribution in [0.2, 0.25) is 0 Å². The molecule has 0 bridgehead atoms. The van der Waals surface area contributed by atoms with Gasteiger partial charge in [0, 0.05) is 17.6 Å². The molecule has 1 heterocycles. The van der Waals surface area contributed by atoms with Crippen molar-refractivity contribution in [1.29, 1.82) is 0 Å². The fourth-order valence-electron chi connectivity index (χ4n) is 2.80. The Kier molecular flexibility index (Phi) is 3.89. The molecular formula is C14H23NO2. The van der Waals surface area contributed by atoms with Crippen LogP contribution in [-0.4, -0.2) is 17.3 Å². The lowest BCUT2D eigenvalue weighted by molar-refractivity contribution is 0.0859. The molecule has 1 aliphatic carbocycles. The molecule has 0 radical (unpaired) electrons. The van der Waals surface area contributed by atoms with E-state index in [1.807, 2.05) is 13.8 Å². The van der Waals surface area contributed by atoms with E-state index < -0.39 is 0 Å². The molecule has 0 aliphatic heterocycles. The van der Waals surface area contributed by atoms with Gasteiger partial charge in [0.25, 0.3) is 0 Å². The van der Waals surface area contributed by atoms with Crippen LogP contribution in [0.1, 0.15) is 55.7 Å². The molecule has 0 saturated heterocycles. The van der Waals surface area contributed by atoms with Gasteiger partial charge in [0.15, 0.2) is 0 Å². The molecule has 0 spiro atoms. The summed E-state index contributed by atoms with van der Waals surface area (Å²) in [6, 6.07) is 2.56. The van der Waals surface area contributed by atoms with Crippen molar-refractivity contribution in [3.63, 3.8) is 0 Å². The second-order valence-electron chi connectivity index (χ2n) is 5.22. The summed E-state index contributed by atoms with van der Waals surface area (Å²) in [6.07, 6.45) is 4.16. The summed E-state index contributed by atoms with van der Waals surface area (Å²) >= 11 is 0. The fraction of sp³-hybridized carbons (Fsp3) is 0.714. The van der Waals surface area contributed by atoms with Crippen LogP contribution in [-0.2, 0) is 0 Å². The van der Waals surface area contributed by atoms with Gasteiger partial charge in [-0.25, -0.2) is 0 Å². The minimum Gasteiger partial charge on any atom is -0.466 e. The third kappa shape index (κ3) is 2.90. The highest BCUT2D eigenvalue weighted by atomic mass is 16.3. The van der Waals surface area contributed by atoms with Gasteiger partial charge in [-0.05, 0) is 39.7 Å². The van der Waals surface area contributed by atoms with E-state index in [2.05, 4.69) is 18.3 Å².